The van der Waals surface area contributed by atoms with Gasteiger partial charge in [0.15, 0.2) is 0 Å². The number of fused-ring (bicyclic) bond motifs is 1. The third-order valence-corrected chi connectivity index (χ3v) is 7.12. The molecule has 0 bridgehead atoms. The maximum Gasteiger partial charge on any atom is 0.227 e. The quantitative estimate of drug-likeness (QED) is 0.351. The number of hydrogen-bond acceptors (Lipinski definition) is 8. The third kappa shape index (κ3) is 6.11. The molecule has 1 N–H and O–H groups in total. The Balaban J connectivity index is 1.20. The molecule has 6 rings (SSSR count). The largest absolute Gasteiger partial charge is 0.492 e. The molecule has 0 amide bonds. The van der Waals surface area contributed by atoms with E-state index in [2.05, 4.69) is 32.2 Å². The molecule has 9 heteroatoms. The average molecular weight is 530 g/mol. The van der Waals surface area contributed by atoms with Gasteiger partial charge in [0.2, 0.25) is 5.95 Å². The first-order valence-corrected chi connectivity index (χ1v) is 13.4. The summed E-state index contributed by atoms with van der Waals surface area (Å²) in [5, 5.41) is 4.12. The number of nitrogens with zero attached hydrogens (tertiary/aromatic N) is 4. The molecule has 0 saturated carbocycles. The highest BCUT2D eigenvalue weighted by Crippen LogP contribution is 2.32. The highest BCUT2D eigenvalue weighted by molar-refractivity contribution is 5.94. The van der Waals surface area contributed by atoms with Crippen LogP contribution in [0.15, 0.2) is 66.9 Å². The molecule has 202 valence electrons. The van der Waals surface area contributed by atoms with Gasteiger partial charge in [-0.1, -0.05) is 18.2 Å². The third-order valence-electron chi connectivity index (χ3n) is 7.12. The predicted molar refractivity (Wildman–Crippen MR) is 150 cm³/mol. The summed E-state index contributed by atoms with van der Waals surface area (Å²) in [5.41, 5.74) is 3.85. The minimum atomic E-state index is -0.324. The number of para-hydroxylation sites is 1. The van der Waals surface area contributed by atoms with Crippen molar-refractivity contribution in [2.45, 2.75) is 0 Å². The molecule has 3 heterocycles. The maximum absolute atomic E-state index is 15.1. The molecule has 8 nitrogen and oxygen atoms in total. The van der Waals surface area contributed by atoms with Crippen molar-refractivity contribution in [2.75, 3.05) is 76.0 Å². The average Bonchev–Trinajstić information content (AvgIpc) is 2.99. The smallest absolute Gasteiger partial charge is 0.227 e. The van der Waals surface area contributed by atoms with Crippen LogP contribution in [-0.2, 0) is 9.47 Å². The number of morpholine rings is 2. The summed E-state index contributed by atoms with van der Waals surface area (Å²) >= 11 is 0. The van der Waals surface area contributed by atoms with Gasteiger partial charge < -0.3 is 24.4 Å². The van der Waals surface area contributed by atoms with Gasteiger partial charge in [-0.15, -0.1) is 0 Å². The molecule has 0 unspecified atom stereocenters. The van der Waals surface area contributed by atoms with Gasteiger partial charge in [-0.05, 0) is 42.5 Å². The van der Waals surface area contributed by atoms with Crippen LogP contribution in [0.2, 0.25) is 0 Å². The summed E-state index contributed by atoms with van der Waals surface area (Å²) in [5.74, 6) is 0.756. The fourth-order valence-corrected chi connectivity index (χ4v) is 4.96. The van der Waals surface area contributed by atoms with Crippen molar-refractivity contribution in [3.63, 3.8) is 0 Å². The zero-order valence-corrected chi connectivity index (χ0v) is 21.8. The van der Waals surface area contributed by atoms with Crippen LogP contribution in [0.5, 0.6) is 5.75 Å². The Hall–Kier alpha value is -3.79. The van der Waals surface area contributed by atoms with Gasteiger partial charge in [0.05, 0.1) is 31.9 Å². The van der Waals surface area contributed by atoms with Crippen molar-refractivity contribution < 1.29 is 18.6 Å². The number of ether oxygens (including phenoxy) is 3. The Kier molecular flexibility index (Phi) is 7.80. The predicted octanol–water partition coefficient (Wildman–Crippen LogP) is 4.73. The molecule has 0 radical (unpaired) electrons. The Bertz CT molecular complexity index is 1410. The second-order valence-corrected chi connectivity index (χ2v) is 9.65. The number of benzene rings is 3. The van der Waals surface area contributed by atoms with Crippen LogP contribution in [0.3, 0.4) is 0 Å². The van der Waals surface area contributed by atoms with E-state index in [0.29, 0.717) is 34.9 Å². The number of aromatic nitrogens is 2. The first kappa shape index (κ1) is 25.5. The molecule has 2 fully saturated rings. The molecule has 0 aliphatic carbocycles. The molecule has 2 aliphatic heterocycles. The first-order valence-electron chi connectivity index (χ1n) is 13.4. The molecule has 2 saturated heterocycles. The number of hydrogen-bond donors (Lipinski definition) is 1. The normalized spacial score (nSPS) is 16.4. The summed E-state index contributed by atoms with van der Waals surface area (Å²) < 4.78 is 31.9. The molecule has 2 aliphatic rings. The highest BCUT2D eigenvalue weighted by Gasteiger charge is 2.15. The van der Waals surface area contributed by atoms with Crippen LogP contribution in [0.25, 0.3) is 22.0 Å². The van der Waals surface area contributed by atoms with E-state index < -0.39 is 0 Å². The van der Waals surface area contributed by atoms with Gasteiger partial charge in [-0.2, -0.15) is 0 Å². The first-order chi connectivity index (χ1) is 19.2. The minimum Gasteiger partial charge on any atom is -0.492 e. The van der Waals surface area contributed by atoms with Gasteiger partial charge in [0.1, 0.15) is 18.2 Å². The summed E-state index contributed by atoms with van der Waals surface area (Å²) in [4.78, 5) is 13.9. The van der Waals surface area contributed by atoms with Gasteiger partial charge in [-0.25, -0.2) is 14.4 Å². The Morgan fingerprint density at radius 1 is 0.872 bits per heavy atom. The van der Waals surface area contributed by atoms with E-state index in [4.69, 9.17) is 19.2 Å². The monoisotopic (exact) mass is 529 g/mol. The Labute approximate surface area is 227 Å². The van der Waals surface area contributed by atoms with Gasteiger partial charge >= 0.3 is 0 Å². The van der Waals surface area contributed by atoms with Crippen molar-refractivity contribution in [3.8, 4) is 16.9 Å². The lowest BCUT2D eigenvalue weighted by molar-refractivity contribution is 0.0322. The lowest BCUT2D eigenvalue weighted by atomic mass is 10.0. The van der Waals surface area contributed by atoms with E-state index >= 15 is 4.39 Å². The van der Waals surface area contributed by atoms with Gasteiger partial charge in [-0.3, -0.25) is 4.90 Å². The van der Waals surface area contributed by atoms with Crippen molar-refractivity contribution in [1.29, 1.82) is 0 Å². The van der Waals surface area contributed by atoms with Crippen molar-refractivity contribution in [1.82, 2.24) is 14.9 Å². The van der Waals surface area contributed by atoms with Gasteiger partial charge in [0.25, 0.3) is 0 Å². The van der Waals surface area contributed by atoms with Crippen LogP contribution in [-0.4, -0.2) is 80.6 Å². The van der Waals surface area contributed by atoms with Crippen LogP contribution in [0, 0.1) is 5.82 Å². The van der Waals surface area contributed by atoms with E-state index in [1.165, 1.54) is 6.07 Å². The van der Waals surface area contributed by atoms with E-state index in [9.17, 15) is 0 Å². The second kappa shape index (κ2) is 11.9. The summed E-state index contributed by atoms with van der Waals surface area (Å²) in [7, 11) is 0. The number of rotatable bonds is 8. The molecule has 1 aromatic heterocycles. The van der Waals surface area contributed by atoms with Crippen molar-refractivity contribution >= 4 is 28.2 Å². The zero-order chi connectivity index (χ0) is 26.4. The standard InChI is InChI=1S/C30H32FN5O3/c31-28-9-8-25(39-19-12-35-10-15-37-16-11-35)20-27(28)26-3-1-2-22-21-32-30(34-29(22)26)33-23-4-6-24(7-5-23)36-13-17-38-18-14-36/h1-9,20-21H,10-19H2,(H,32,33,34). The molecular weight excluding hydrogens is 497 g/mol. The fraction of sp³-hybridized carbons (Fsp3) is 0.333. The van der Waals surface area contributed by atoms with Crippen molar-refractivity contribution in [2.24, 2.45) is 0 Å². The lowest BCUT2D eigenvalue weighted by Crippen LogP contribution is -2.38. The molecular formula is C30H32FN5O3. The second-order valence-electron chi connectivity index (χ2n) is 9.65. The van der Waals surface area contributed by atoms with E-state index in [1.54, 1.807) is 18.3 Å². The van der Waals surface area contributed by atoms with Crippen molar-refractivity contribution in [3.05, 3.63) is 72.7 Å². The number of anilines is 3. The van der Waals surface area contributed by atoms with Crippen LogP contribution >= 0.6 is 0 Å². The Morgan fingerprint density at radius 2 is 1.64 bits per heavy atom. The van der Waals surface area contributed by atoms with Crippen LogP contribution < -0.4 is 15.0 Å². The maximum atomic E-state index is 15.1. The minimum absolute atomic E-state index is 0.324. The molecule has 3 aromatic carbocycles. The lowest BCUT2D eigenvalue weighted by Gasteiger charge is -2.28. The highest BCUT2D eigenvalue weighted by atomic mass is 19.1. The van der Waals surface area contributed by atoms with Crippen LogP contribution in [0.4, 0.5) is 21.7 Å². The fourth-order valence-electron chi connectivity index (χ4n) is 4.96. The SMILES string of the molecule is Fc1ccc(OCCN2CCOCC2)cc1-c1cccc2cnc(Nc3ccc(N4CCOCC4)cc3)nc12. The molecule has 0 atom stereocenters. The topological polar surface area (TPSA) is 72.0 Å². The van der Waals surface area contributed by atoms with E-state index in [-0.39, 0.29) is 5.82 Å². The van der Waals surface area contributed by atoms with E-state index in [1.807, 2.05) is 30.3 Å². The number of halogens is 1. The number of nitrogens with one attached hydrogen (secondary N) is 1. The summed E-state index contributed by atoms with van der Waals surface area (Å²) in [6.07, 6.45) is 1.76. The van der Waals surface area contributed by atoms with E-state index in [0.717, 1.165) is 75.9 Å². The molecule has 39 heavy (non-hydrogen) atoms. The molecule has 0 spiro atoms. The Morgan fingerprint density at radius 3 is 2.44 bits per heavy atom. The zero-order valence-electron chi connectivity index (χ0n) is 21.8. The summed E-state index contributed by atoms with van der Waals surface area (Å²) in [6.45, 7) is 7.92. The van der Waals surface area contributed by atoms with Crippen LogP contribution in [0.1, 0.15) is 0 Å². The summed E-state index contributed by atoms with van der Waals surface area (Å²) in [6, 6.07) is 18.8. The van der Waals surface area contributed by atoms with Gasteiger partial charge in [0, 0.05) is 66.8 Å². The molecule has 4 aromatic rings.